The highest BCUT2D eigenvalue weighted by atomic mass is 15.2. The molecular formula is C58H44N2. The third kappa shape index (κ3) is 4.82. The van der Waals surface area contributed by atoms with Gasteiger partial charge in [-0.25, -0.2) is 0 Å². The Morgan fingerprint density at radius 1 is 0.383 bits per heavy atom. The van der Waals surface area contributed by atoms with Crippen LogP contribution in [0.15, 0.2) is 194 Å². The van der Waals surface area contributed by atoms with Crippen LogP contribution in [0.3, 0.4) is 0 Å². The van der Waals surface area contributed by atoms with Crippen molar-refractivity contribution < 1.29 is 0 Å². The van der Waals surface area contributed by atoms with Gasteiger partial charge >= 0.3 is 0 Å². The van der Waals surface area contributed by atoms with E-state index in [4.69, 9.17) is 0 Å². The molecule has 0 saturated carbocycles. The predicted octanol–water partition coefficient (Wildman–Crippen LogP) is 15.7. The molecule has 0 unspecified atom stereocenters. The van der Waals surface area contributed by atoms with Crippen LogP contribution in [-0.2, 0) is 10.8 Å². The Morgan fingerprint density at radius 3 is 1.70 bits per heavy atom. The zero-order valence-corrected chi connectivity index (χ0v) is 34.4. The van der Waals surface area contributed by atoms with Crippen molar-refractivity contribution in [3.05, 3.63) is 216 Å². The molecule has 10 aromatic rings. The first-order valence-electron chi connectivity index (χ1n) is 21.2. The average molecular weight is 769 g/mol. The molecule has 2 aliphatic rings. The van der Waals surface area contributed by atoms with Gasteiger partial charge in [0.15, 0.2) is 0 Å². The summed E-state index contributed by atoms with van der Waals surface area (Å²) in [6.45, 7) is 9.49. The molecule has 0 amide bonds. The molecule has 60 heavy (non-hydrogen) atoms. The molecule has 0 bridgehead atoms. The van der Waals surface area contributed by atoms with Gasteiger partial charge in [-0.05, 0) is 103 Å². The van der Waals surface area contributed by atoms with Crippen molar-refractivity contribution in [1.29, 1.82) is 0 Å². The number of para-hydroxylation sites is 2. The molecule has 1 heterocycles. The zero-order chi connectivity index (χ0) is 40.3. The fraction of sp³-hybridized carbons (Fsp3) is 0.103. The normalized spacial score (nSPS) is 14.3. The standard InChI is InChI=1S/C58H44N2/c1-57(2)47-25-11-7-20-42(47)46-36-39(32-33-49(46)57)59(54-30-16-27-50-56(54)45-23-8-12-26-48(45)58(50,3)4)53-34-31-38(41-24-15-18-37-17-5-6-19-40(37)41)35-55(53)60-51-28-13-9-21-43(51)44-22-10-14-29-52(44)60/h5-36H,1-4H3. The molecule has 12 rings (SSSR count). The highest BCUT2D eigenvalue weighted by molar-refractivity contribution is 6.10. The summed E-state index contributed by atoms with van der Waals surface area (Å²) in [7, 11) is 0. The maximum Gasteiger partial charge on any atom is 0.0709 e. The lowest BCUT2D eigenvalue weighted by Crippen LogP contribution is -2.17. The third-order valence-corrected chi connectivity index (χ3v) is 13.8. The van der Waals surface area contributed by atoms with Gasteiger partial charge in [-0.1, -0.05) is 179 Å². The number of hydrogen-bond donors (Lipinski definition) is 0. The van der Waals surface area contributed by atoms with E-state index in [0.717, 1.165) is 17.1 Å². The first-order valence-corrected chi connectivity index (χ1v) is 21.2. The van der Waals surface area contributed by atoms with E-state index < -0.39 is 0 Å². The van der Waals surface area contributed by atoms with E-state index in [2.05, 4.69) is 231 Å². The highest BCUT2D eigenvalue weighted by Gasteiger charge is 2.39. The van der Waals surface area contributed by atoms with E-state index in [1.165, 1.54) is 93.9 Å². The van der Waals surface area contributed by atoms with Crippen LogP contribution < -0.4 is 4.90 Å². The van der Waals surface area contributed by atoms with Gasteiger partial charge in [0.1, 0.15) is 0 Å². The molecule has 0 fully saturated rings. The van der Waals surface area contributed by atoms with Gasteiger partial charge in [0.25, 0.3) is 0 Å². The molecule has 286 valence electrons. The van der Waals surface area contributed by atoms with Crippen molar-refractivity contribution in [2.45, 2.75) is 38.5 Å². The monoisotopic (exact) mass is 768 g/mol. The summed E-state index contributed by atoms with van der Waals surface area (Å²) in [5.41, 5.74) is 19.8. The van der Waals surface area contributed by atoms with E-state index in [1.807, 2.05) is 0 Å². The summed E-state index contributed by atoms with van der Waals surface area (Å²) in [5, 5.41) is 4.97. The summed E-state index contributed by atoms with van der Waals surface area (Å²) in [5.74, 6) is 0. The first-order chi connectivity index (χ1) is 29.3. The summed E-state index contributed by atoms with van der Waals surface area (Å²) in [6, 6.07) is 72.5. The van der Waals surface area contributed by atoms with E-state index in [-0.39, 0.29) is 10.8 Å². The lowest BCUT2D eigenvalue weighted by Gasteiger charge is -2.32. The minimum Gasteiger partial charge on any atom is -0.308 e. The second-order valence-corrected chi connectivity index (χ2v) is 17.7. The van der Waals surface area contributed by atoms with Crippen molar-refractivity contribution in [2.75, 3.05) is 4.90 Å². The topological polar surface area (TPSA) is 8.17 Å². The number of nitrogens with zero attached hydrogens (tertiary/aromatic N) is 2. The van der Waals surface area contributed by atoms with Crippen molar-refractivity contribution in [2.24, 2.45) is 0 Å². The van der Waals surface area contributed by atoms with Crippen LogP contribution in [-0.4, -0.2) is 4.57 Å². The van der Waals surface area contributed by atoms with Crippen molar-refractivity contribution in [3.63, 3.8) is 0 Å². The van der Waals surface area contributed by atoms with Crippen LogP contribution in [0.4, 0.5) is 17.1 Å². The van der Waals surface area contributed by atoms with E-state index in [9.17, 15) is 0 Å². The van der Waals surface area contributed by atoms with Gasteiger partial charge in [-0.2, -0.15) is 0 Å². The van der Waals surface area contributed by atoms with Crippen LogP contribution in [0.2, 0.25) is 0 Å². The summed E-state index contributed by atoms with van der Waals surface area (Å²) >= 11 is 0. The summed E-state index contributed by atoms with van der Waals surface area (Å²) < 4.78 is 2.51. The van der Waals surface area contributed by atoms with Crippen LogP contribution in [0.25, 0.3) is 71.6 Å². The molecule has 0 radical (unpaired) electrons. The fourth-order valence-electron chi connectivity index (χ4n) is 10.9. The van der Waals surface area contributed by atoms with Gasteiger partial charge in [0.05, 0.1) is 28.1 Å². The quantitative estimate of drug-likeness (QED) is 0.169. The number of hydrogen-bond acceptors (Lipinski definition) is 1. The molecule has 1 aromatic heterocycles. The second-order valence-electron chi connectivity index (χ2n) is 17.7. The Labute approximate surface area is 351 Å². The predicted molar refractivity (Wildman–Crippen MR) is 254 cm³/mol. The maximum atomic E-state index is 2.57. The van der Waals surface area contributed by atoms with Crippen LogP contribution in [0.5, 0.6) is 0 Å². The minimum absolute atomic E-state index is 0.0967. The third-order valence-electron chi connectivity index (χ3n) is 13.8. The SMILES string of the molecule is CC1(C)c2ccccc2-c2cc(N(c3ccc(-c4cccc5ccccc45)cc3-n3c4ccccc4c4ccccc43)c3cccc4c3-c3ccccc3C4(C)C)ccc21. The lowest BCUT2D eigenvalue weighted by atomic mass is 9.82. The van der Waals surface area contributed by atoms with E-state index in [0.29, 0.717) is 0 Å². The smallest absolute Gasteiger partial charge is 0.0709 e. The fourth-order valence-corrected chi connectivity index (χ4v) is 10.9. The van der Waals surface area contributed by atoms with Gasteiger partial charge in [0.2, 0.25) is 0 Å². The molecule has 0 saturated heterocycles. The lowest BCUT2D eigenvalue weighted by molar-refractivity contribution is 0.660. The first kappa shape index (κ1) is 34.8. The van der Waals surface area contributed by atoms with Crippen molar-refractivity contribution in [3.8, 4) is 39.1 Å². The Bertz CT molecular complexity index is 3340. The average Bonchev–Trinajstić information content (AvgIpc) is 3.83. The molecule has 0 atom stereocenters. The van der Waals surface area contributed by atoms with Crippen molar-refractivity contribution in [1.82, 2.24) is 4.57 Å². The van der Waals surface area contributed by atoms with Crippen LogP contribution >= 0.6 is 0 Å². The summed E-state index contributed by atoms with van der Waals surface area (Å²) in [6.07, 6.45) is 0. The van der Waals surface area contributed by atoms with Gasteiger partial charge < -0.3 is 9.47 Å². The maximum absolute atomic E-state index is 2.57. The Kier molecular flexibility index (Phi) is 7.36. The van der Waals surface area contributed by atoms with Crippen LogP contribution in [0, 0.1) is 0 Å². The Hall–Kier alpha value is -7.16. The molecule has 9 aromatic carbocycles. The zero-order valence-electron chi connectivity index (χ0n) is 34.4. The minimum atomic E-state index is -0.150. The van der Waals surface area contributed by atoms with Crippen molar-refractivity contribution >= 4 is 49.6 Å². The molecule has 0 spiro atoms. The Morgan fingerprint density at radius 2 is 0.933 bits per heavy atom. The molecular weight excluding hydrogens is 725 g/mol. The van der Waals surface area contributed by atoms with Gasteiger partial charge in [0, 0.05) is 32.9 Å². The number of benzene rings is 9. The summed E-state index contributed by atoms with van der Waals surface area (Å²) in [4.78, 5) is 2.57. The van der Waals surface area contributed by atoms with E-state index in [1.54, 1.807) is 0 Å². The molecule has 0 N–H and O–H groups in total. The Balaban J connectivity index is 1.21. The molecule has 0 aliphatic heterocycles. The van der Waals surface area contributed by atoms with Gasteiger partial charge in [-0.15, -0.1) is 0 Å². The number of anilines is 3. The molecule has 2 nitrogen and oxygen atoms in total. The number of fused-ring (bicyclic) bond motifs is 10. The van der Waals surface area contributed by atoms with Crippen LogP contribution in [0.1, 0.15) is 49.9 Å². The second kappa shape index (κ2) is 12.7. The highest BCUT2D eigenvalue weighted by Crippen LogP contribution is 2.56. The number of aromatic nitrogens is 1. The van der Waals surface area contributed by atoms with Gasteiger partial charge in [-0.3, -0.25) is 0 Å². The van der Waals surface area contributed by atoms with E-state index >= 15 is 0 Å². The molecule has 2 heteroatoms. The number of rotatable bonds is 5. The largest absolute Gasteiger partial charge is 0.308 e. The molecule has 2 aliphatic carbocycles.